The fourth-order valence-electron chi connectivity index (χ4n) is 1.17. The molecule has 0 atom stereocenters. The first kappa shape index (κ1) is 12.6. The van der Waals surface area contributed by atoms with Gasteiger partial charge in [0, 0.05) is 12.5 Å². The predicted octanol–water partition coefficient (Wildman–Crippen LogP) is 0.455. The van der Waals surface area contributed by atoms with Crippen LogP contribution < -0.4 is 11.1 Å². The number of carbonyl (C=O) groups excluding carboxylic acids is 1. The van der Waals surface area contributed by atoms with Gasteiger partial charge in [-0.1, -0.05) is 17.9 Å². The van der Waals surface area contributed by atoms with Crippen LogP contribution in [0.4, 0.5) is 5.69 Å². The fraction of sp³-hybridized carbons (Fsp3) is 0.167. The summed E-state index contributed by atoms with van der Waals surface area (Å²) >= 11 is 0. The lowest BCUT2D eigenvalue weighted by molar-refractivity contribution is -0.118. The van der Waals surface area contributed by atoms with E-state index in [2.05, 4.69) is 17.2 Å². The van der Waals surface area contributed by atoms with Crippen LogP contribution in [0.2, 0.25) is 0 Å². The molecule has 1 aromatic rings. The van der Waals surface area contributed by atoms with Gasteiger partial charge >= 0.3 is 5.97 Å². The molecule has 0 unspecified atom stereocenters. The zero-order valence-electron chi connectivity index (χ0n) is 9.28. The number of hydrogen-bond acceptors (Lipinski definition) is 3. The number of carbonyl (C=O) groups is 2. The number of nitrogens with two attached hydrogens (primary N) is 1. The van der Waals surface area contributed by atoms with E-state index in [4.69, 9.17) is 10.8 Å². The Kier molecular flexibility index (Phi) is 4.12. The van der Waals surface area contributed by atoms with Crippen LogP contribution in [0, 0.1) is 11.8 Å². The molecule has 5 heteroatoms. The largest absolute Gasteiger partial charge is 0.478 e. The molecule has 0 spiro atoms. The number of carboxylic acid groups (broad SMARTS) is 1. The minimum atomic E-state index is -1.09. The number of nitrogens with one attached hydrogen (secondary N) is 1. The molecule has 1 rings (SSSR count). The van der Waals surface area contributed by atoms with E-state index in [0.717, 1.165) is 0 Å². The first-order valence-corrected chi connectivity index (χ1v) is 4.87. The van der Waals surface area contributed by atoms with Gasteiger partial charge in [-0.25, -0.2) is 4.79 Å². The Balaban J connectivity index is 2.88. The monoisotopic (exact) mass is 232 g/mol. The van der Waals surface area contributed by atoms with Crippen LogP contribution in [0.25, 0.3) is 0 Å². The number of carboxylic acids is 1. The van der Waals surface area contributed by atoms with Gasteiger partial charge in [-0.2, -0.15) is 0 Å². The minimum absolute atomic E-state index is 0.0244. The molecule has 0 saturated carbocycles. The Labute approximate surface area is 98.6 Å². The molecule has 88 valence electrons. The molecule has 0 bridgehead atoms. The number of amides is 1. The van der Waals surface area contributed by atoms with Gasteiger partial charge in [0.2, 0.25) is 5.91 Å². The maximum atomic E-state index is 10.8. The highest BCUT2D eigenvalue weighted by Crippen LogP contribution is 2.16. The maximum absolute atomic E-state index is 10.8. The summed E-state index contributed by atoms with van der Waals surface area (Å²) in [6.45, 7) is 1.59. The van der Waals surface area contributed by atoms with Crippen molar-refractivity contribution in [2.45, 2.75) is 6.92 Å². The predicted molar refractivity (Wildman–Crippen MR) is 63.4 cm³/mol. The molecule has 0 aromatic heterocycles. The van der Waals surface area contributed by atoms with E-state index in [-0.39, 0.29) is 23.7 Å². The van der Waals surface area contributed by atoms with E-state index in [1.807, 2.05) is 0 Å². The summed E-state index contributed by atoms with van der Waals surface area (Å²) in [7, 11) is 0. The lowest BCUT2D eigenvalue weighted by atomic mass is 10.1. The highest BCUT2D eigenvalue weighted by atomic mass is 16.4. The van der Waals surface area contributed by atoms with Crippen molar-refractivity contribution in [2.24, 2.45) is 0 Å². The first-order chi connectivity index (χ1) is 8.02. The standard InChI is InChI=1S/C12H12N2O3/c1-8(15)14-7-3-5-9-4-2-6-10(11(9)13)12(16)17/h2,4,6H,7,13H2,1H3,(H,14,15)(H,16,17). The normalized spacial score (nSPS) is 9.00. The second-order valence-electron chi connectivity index (χ2n) is 3.28. The lowest BCUT2D eigenvalue weighted by Gasteiger charge is -2.02. The molecule has 4 N–H and O–H groups in total. The zero-order valence-corrected chi connectivity index (χ0v) is 9.28. The van der Waals surface area contributed by atoms with Crippen LogP contribution in [-0.2, 0) is 4.79 Å². The third-order valence-electron chi connectivity index (χ3n) is 1.99. The first-order valence-electron chi connectivity index (χ1n) is 4.87. The van der Waals surface area contributed by atoms with Crippen molar-refractivity contribution in [3.63, 3.8) is 0 Å². The summed E-state index contributed by atoms with van der Waals surface area (Å²) in [5.41, 5.74) is 6.25. The summed E-state index contributed by atoms with van der Waals surface area (Å²) in [5.74, 6) is 4.13. The van der Waals surface area contributed by atoms with Crippen LogP contribution >= 0.6 is 0 Å². The van der Waals surface area contributed by atoms with Crippen molar-refractivity contribution in [3.8, 4) is 11.8 Å². The molecular formula is C12H12N2O3. The summed E-state index contributed by atoms with van der Waals surface area (Å²) in [6.07, 6.45) is 0. The van der Waals surface area contributed by atoms with Crippen LogP contribution in [-0.4, -0.2) is 23.5 Å². The average molecular weight is 232 g/mol. The van der Waals surface area contributed by atoms with Crippen molar-refractivity contribution in [3.05, 3.63) is 29.3 Å². The van der Waals surface area contributed by atoms with E-state index in [1.165, 1.54) is 13.0 Å². The van der Waals surface area contributed by atoms with Gasteiger partial charge in [0.15, 0.2) is 0 Å². The lowest BCUT2D eigenvalue weighted by Crippen LogP contribution is -2.19. The molecule has 1 amide bonds. The van der Waals surface area contributed by atoms with Gasteiger partial charge in [-0.05, 0) is 12.1 Å². The number of aromatic carboxylic acids is 1. The van der Waals surface area contributed by atoms with Crippen LogP contribution in [0.5, 0.6) is 0 Å². The van der Waals surface area contributed by atoms with Gasteiger partial charge in [0.05, 0.1) is 17.8 Å². The van der Waals surface area contributed by atoms with Crippen molar-refractivity contribution in [1.82, 2.24) is 5.32 Å². The van der Waals surface area contributed by atoms with Gasteiger partial charge in [-0.15, -0.1) is 0 Å². The summed E-state index contributed by atoms with van der Waals surface area (Å²) in [6, 6.07) is 4.61. The average Bonchev–Trinajstić information content (AvgIpc) is 2.25. The third kappa shape index (κ3) is 3.54. The molecule has 1 aromatic carbocycles. The van der Waals surface area contributed by atoms with E-state index in [1.54, 1.807) is 12.1 Å². The van der Waals surface area contributed by atoms with Gasteiger partial charge in [-0.3, -0.25) is 4.79 Å². The highest BCUT2D eigenvalue weighted by Gasteiger charge is 2.09. The van der Waals surface area contributed by atoms with E-state index < -0.39 is 5.97 Å². The smallest absolute Gasteiger partial charge is 0.337 e. The Morgan fingerprint density at radius 2 is 2.18 bits per heavy atom. The Morgan fingerprint density at radius 3 is 2.76 bits per heavy atom. The molecule has 0 aliphatic heterocycles. The maximum Gasteiger partial charge on any atom is 0.337 e. The van der Waals surface area contributed by atoms with Crippen molar-refractivity contribution in [1.29, 1.82) is 0 Å². The summed E-state index contributed by atoms with van der Waals surface area (Å²) in [4.78, 5) is 21.4. The molecule has 0 heterocycles. The number of anilines is 1. The topological polar surface area (TPSA) is 92.4 Å². The summed E-state index contributed by atoms with van der Waals surface area (Å²) < 4.78 is 0. The van der Waals surface area contributed by atoms with Crippen LogP contribution in [0.1, 0.15) is 22.8 Å². The van der Waals surface area contributed by atoms with Gasteiger partial charge < -0.3 is 16.2 Å². The third-order valence-corrected chi connectivity index (χ3v) is 1.99. The molecule has 0 fully saturated rings. The second kappa shape index (κ2) is 5.56. The van der Waals surface area contributed by atoms with Gasteiger partial charge in [0.25, 0.3) is 0 Å². The second-order valence-corrected chi connectivity index (χ2v) is 3.28. The van der Waals surface area contributed by atoms with Crippen LogP contribution in [0.15, 0.2) is 18.2 Å². The molecule has 0 aliphatic carbocycles. The molecule has 0 radical (unpaired) electrons. The van der Waals surface area contributed by atoms with E-state index in [0.29, 0.717) is 5.56 Å². The quantitative estimate of drug-likeness (QED) is 0.510. The van der Waals surface area contributed by atoms with E-state index in [9.17, 15) is 9.59 Å². The van der Waals surface area contributed by atoms with Crippen molar-refractivity contribution in [2.75, 3.05) is 12.3 Å². The number of nitrogen functional groups attached to an aromatic ring is 1. The fourth-order valence-corrected chi connectivity index (χ4v) is 1.17. The molecule has 0 aliphatic rings. The molecule has 5 nitrogen and oxygen atoms in total. The zero-order chi connectivity index (χ0) is 12.8. The molecule has 17 heavy (non-hydrogen) atoms. The Hall–Kier alpha value is -2.48. The Bertz CT molecular complexity index is 512. The van der Waals surface area contributed by atoms with Crippen LogP contribution in [0.3, 0.4) is 0 Å². The minimum Gasteiger partial charge on any atom is -0.478 e. The Morgan fingerprint density at radius 1 is 1.47 bits per heavy atom. The van der Waals surface area contributed by atoms with Gasteiger partial charge in [0.1, 0.15) is 0 Å². The summed E-state index contributed by atoms with van der Waals surface area (Å²) in [5, 5.41) is 11.4. The molecular weight excluding hydrogens is 220 g/mol. The number of para-hydroxylation sites is 1. The number of benzene rings is 1. The number of rotatable bonds is 2. The van der Waals surface area contributed by atoms with E-state index >= 15 is 0 Å². The van der Waals surface area contributed by atoms with Crippen molar-refractivity contribution < 1.29 is 14.7 Å². The highest BCUT2D eigenvalue weighted by molar-refractivity contribution is 5.95. The van der Waals surface area contributed by atoms with Crippen molar-refractivity contribution >= 4 is 17.6 Å². The SMILES string of the molecule is CC(=O)NCC#Cc1cccc(C(=O)O)c1N. The number of hydrogen-bond donors (Lipinski definition) is 3. The molecule has 0 saturated heterocycles.